The summed E-state index contributed by atoms with van der Waals surface area (Å²) in [6.07, 6.45) is 1.60. The molecular weight excluding hydrogens is 430 g/mol. The Kier molecular flexibility index (Phi) is 6.89. The highest BCUT2D eigenvalue weighted by Gasteiger charge is 2.20. The van der Waals surface area contributed by atoms with Crippen LogP contribution < -0.4 is 10.6 Å². The Hall–Kier alpha value is -3.14. The summed E-state index contributed by atoms with van der Waals surface area (Å²) in [6, 6.07) is 15.8. The van der Waals surface area contributed by atoms with Crippen molar-refractivity contribution in [2.75, 3.05) is 50.0 Å². The molecule has 1 fully saturated rings. The fourth-order valence-electron chi connectivity index (χ4n) is 3.73. The van der Waals surface area contributed by atoms with Gasteiger partial charge in [0, 0.05) is 38.8 Å². The molecule has 3 aromatic heterocycles. The van der Waals surface area contributed by atoms with E-state index in [2.05, 4.69) is 37.0 Å². The molecule has 1 saturated heterocycles. The van der Waals surface area contributed by atoms with Gasteiger partial charge in [0.1, 0.15) is 5.82 Å². The highest BCUT2D eigenvalue weighted by Crippen LogP contribution is 2.22. The predicted octanol–water partition coefficient (Wildman–Crippen LogP) is 2.73. The molecule has 1 aliphatic rings. The lowest BCUT2D eigenvalue weighted by Gasteiger charge is -2.35. The first-order valence-electron chi connectivity index (χ1n) is 10.4. The molecule has 0 radical (unpaired) electrons. The van der Waals surface area contributed by atoms with E-state index in [1.165, 1.54) is 5.56 Å². The highest BCUT2D eigenvalue weighted by molar-refractivity contribution is 5.85. The van der Waals surface area contributed by atoms with Gasteiger partial charge in [-0.15, -0.1) is 17.5 Å². The van der Waals surface area contributed by atoms with Crippen LogP contribution in [0.3, 0.4) is 0 Å². The first-order valence-corrected chi connectivity index (χ1v) is 10.4. The van der Waals surface area contributed by atoms with Gasteiger partial charge in [-0.25, -0.2) is 4.98 Å². The summed E-state index contributed by atoms with van der Waals surface area (Å²) in [5, 5.41) is 4.40. The quantitative estimate of drug-likeness (QED) is 0.425. The number of furan rings is 1. The molecule has 9 nitrogen and oxygen atoms in total. The number of piperazine rings is 1. The van der Waals surface area contributed by atoms with Crippen molar-refractivity contribution in [2.24, 2.45) is 0 Å². The molecule has 0 amide bonds. The maximum atomic E-state index is 6.15. The fraction of sp³-hybridized carbons (Fsp3) is 0.318. The zero-order valence-electron chi connectivity index (χ0n) is 17.6. The van der Waals surface area contributed by atoms with Crippen LogP contribution in [-0.2, 0) is 11.3 Å². The Morgan fingerprint density at radius 3 is 2.56 bits per heavy atom. The molecule has 4 heterocycles. The molecule has 0 atom stereocenters. The van der Waals surface area contributed by atoms with Gasteiger partial charge in [0.05, 0.1) is 19.5 Å². The Balaban J connectivity index is 0.00000245. The number of nitrogen functional groups attached to an aromatic ring is 1. The van der Waals surface area contributed by atoms with E-state index in [-0.39, 0.29) is 12.4 Å². The number of rotatable bonds is 7. The average molecular weight is 456 g/mol. The van der Waals surface area contributed by atoms with Gasteiger partial charge in [0.25, 0.3) is 0 Å². The van der Waals surface area contributed by atoms with Crippen molar-refractivity contribution in [1.82, 2.24) is 24.5 Å². The summed E-state index contributed by atoms with van der Waals surface area (Å²) >= 11 is 0. The lowest BCUT2D eigenvalue weighted by Crippen LogP contribution is -2.47. The number of hydrogen-bond acceptors (Lipinski definition) is 8. The van der Waals surface area contributed by atoms with Gasteiger partial charge < -0.3 is 19.8 Å². The van der Waals surface area contributed by atoms with Crippen LogP contribution in [0, 0.1) is 0 Å². The molecule has 10 heteroatoms. The van der Waals surface area contributed by atoms with E-state index in [1.807, 2.05) is 30.3 Å². The summed E-state index contributed by atoms with van der Waals surface area (Å²) in [6.45, 7) is 5.95. The van der Waals surface area contributed by atoms with Gasteiger partial charge in [-0.3, -0.25) is 4.90 Å². The van der Waals surface area contributed by atoms with Crippen molar-refractivity contribution in [2.45, 2.75) is 6.61 Å². The number of anilines is 2. The smallest absolute Gasteiger partial charge is 0.225 e. The maximum Gasteiger partial charge on any atom is 0.225 e. The van der Waals surface area contributed by atoms with Crippen LogP contribution in [0.4, 0.5) is 11.8 Å². The Labute approximate surface area is 192 Å². The molecule has 0 unspecified atom stereocenters. The lowest BCUT2D eigenvalue weighted by atomic mass is 10.2. The molecule has 0 saturated carbocycles. The molecule has 0 spiro atoms. The third-order valence-corrected chi connectivity index (χ3v) is 5.44. The second kappa shape index (κ2) is 9.99. The van der Waals surface area contributed by atoms with Crippen molar-refractivity contribution in [3.8, 4) is 11.6 Å². The summed E-state index contributed by atoms with van der Waals surface area (Å²) in [5.74, 6) is 2.24. The van der Waals surface area contributed by atoms with Crippen LogP contribution in [-0.4, -0.2) is 63.8 Å². The number of hydrogen-bond donors (Lipinski definition) is 1. The first kappa shape index (κ1) is 22.1. The first-order chi connectivity index (χ1) is 15.3. The van der Waals surface area contributed by atoms with Gasteiger partial charge in [-0.2, -0.15) is 9.50 Å². The molecule has 2 N–H and O–H groups in total. The zero-order chi connectivity index (χ0) is 21.0. The molecule has 168 valence electrons. The number of halogens is 1. The van der Waals surface area contributed by atoms with Crippen LogP contribution in [0.2, 0.25) is 0 Å². The number of nitrogens with zero attached hydrogens (tertiary/aromatic N) is 6. The minimum absolute atomic E-state index is 0. The van der Waals surface area contributed by atoms with Crippen LogP contribution >= 0.6 is 12.4 Å². The van der Waals surface area contributed by atoms with Gasteiger partial charge >= 0.3 is 0 Å². The van der Waals surface area contributed by atoms with Crippen molar-refractivity contribution >= 4 is 29.8 Å². The Morgan fingerprint density at radius 1 is 1.00 bits per heavy atom. The number of benzene rings is 1. The van der Waals surface area contributed by atoms with E-state index in [0.29, 0.717) is 29.8 Å². The normalized spacial score (nSPS) is 14.6. The SMILES string of the molecule is Cl.Nc1nc(N2CCN(CCOCc3ccccc3)CC2)cc2nc(-c3ccco3)nn12. The van der Waals surface area contributed by atoms with Crippen molar-refractivity contribution < 1.29 is 9.15 Å². The minimum Gasteiger partial charge on any atom is -0.461 e. The number of aromatic nitrogens is 4. The third-order valence-electron chi connectivity index (χ3n) is 5.44. The van der Waals surface area contributed by atoms with Crippen LogP contribution in [0.1, 0.15) is 5.56 Å². The molecule has 1 aromatic carbocycles. The zero-order valence-corrected chi connectivity index (χ0v) is 18.4. The number of nitrogens with two attached hydrogens (primary N) is 1. The van der Waals surface area contributed by atoms with Gasteiger partial charge in [-0.1, -0.05) is 30.3 Å². The average Bonchev–Trinajstić information content (AvgIpc) is 3.48. The molecule has 1 aliphatic heterocycles. The lowest BCUT2D eigenvalue weighted by molar-refractivity contribution is 0.0906. The van der Waals surface area contributed by atoms with Crippen molar-refractivity contribution in [3.63, 3.8) is 0 Å². The minimum atomic E-state index is 0. The maximum absolute atomic E-state index is 6.15. The molecule has 32 heavy (non-hydrogen) atoms. The largest absolute Gasteiger partial charge is 0.461 e. The third kappa shape index (κ3) is 4.85. The van der Waals surface area contributed by atoms with E-state index in [9.17, 15) is 0 Å². The Bertz CT molecular complexity index is 1130. The molecule has 0 bridgehead atoms. The van der Waals surface area contributed by atoms with Crippen LogP contribution in [0.5, 0.6) is 0 Å². The van der Waals surface area contributed by atoms with Gasteiger partial charge in [0.15, 0.2) is 11.4 Å². The van der Waals surface area contributed by atoms with Crippen LogP contribution in [0.25, 0.3) is 17.2 Å². The second-order valence-electron chi connectivity index (χ2n) is 7.52. The highest BCUT2D eigenvalue weighted by atomic mass is 35.5. The van der Waals surface area contributed by atoms with Crippen molar-refractivity contribution in [3.05, 3.63) is 60.4 Å². The monoisotopic (exact) mass is 455 g/mol. The fourth-order valence-corrected chi connectivity index (χ4v) is 3.73. The predicted molar refractivity (Wildman–Crippen MR) is 125 cm³/mol. The molecule has 4 aromatic rings. The topological polar surface area (TPSA) is 98.0 Å². The van der Waals surface area contributed by atoms with E-state index < -0.39 is 0 Å². The van der Waals surface area contributed by atoms with E-state index in [4.69, 9.17) is 14.9 Å². The number of fused-ring (bicyclic) bond motifs is 1. The van der Waals surface area contributed by atoms with Crippen molar-refractivity contribution in [1.29, 1.82) is 0 Å². The summed E-state index contributed by atoms with van der Waals surface area (Å²) in [4.78, 5) is 13.7. The summed E-state index contributed by atoms with van der Waals surface area (Å²) in [5.41, 5.74) is 8.01. The van der Waals surface area contributed by atoms with Crippen LogP contribution in [0.15, 0.2) is 59.2 Å². The summed E-state index contributed by atoms with van der Waals surface area (Å²) < 4.78 is 12.8. The molecule has 0 aliphatic carbocycles. The standard InChI is InChI=1S/C22H25N7O2.ClH/c23-22-25-19(15-20-24-21(26-29(20)22)18-7-4-13-31-18)28-10-8-27(9-11-28)12-14-30-16-17-5-2-1-3-6-17;/h1-7,13,15H,8-12,14,16H2,(H2,23,25);1H. The number of ether oxygens (including phenoxy) is 1. The molecular formula is C22H26ClN7O2. The Morgan fingerprint density at radius 2 is 1.81 bits per heavy atom. The van der Waals surface area contributed by atoms with E-state index in [0.717, 1.165) is 45.1 Å². The van der Waals surface area contributed by atoms with E-state index >= 15 is 0 Å². The molecule has 5 rings (SSSR count). The van der Waals surface area contributed by atoms with E-state index in [1.54, 1.807) is 16.8 Å². The van der Waals surface area contributed by atoms with Gasteiger partial charge in [-0.05, 0) is 17.7 Å². The van der Waals surface area contributed by atoms with Gasteiger partial charge in [0.2, 0.25) is 11.8 Å². The summed E-state index contributed by atoms with van der Waals surface area (Å²) in [7, 11) is 0. The second-order valence-corrected chi connectivity index (χ2v) is 7.52.